The molecule has 120 valence electrons. The van der Waals surface area contributed by atoms with Crippen molar-refractivity contribution >= 4 is 11.6 Å². The number of hydrogen-bond acceptors (Lipinski definition) is 5. The number of methoxy groups -OCH3 is 1. The second-order valence-electron chi connectivity index (χ2n) is 5.26. The highest BCUT2D eigenvalue weighted by atomic mass is 16.5. The van der Waals surface area contributed by atoms with Crippen LogP contribution in [0.5, 0.6) is 0 Å². The number of amides is 1. The predicted molar refractivity (Wildman–Crippen MR) is 83.3 cm³/mol. The number of anilines is 1. The van der Waals surface area contributed by atoms with E-state index < -0.39 is 0 Å². The molecule has 0 unspecified atom stereocenters. The van der Waals surface area contributed by atoms with Crippen LogP contribution < -0.4 is 5.73 Å². The van der Waals surface area contributed by atoms with Gasteiger partial charge in [-0.2, -0.15) is 5.10 Å². The molecule has 1 aromatic rings. The summed E-state index contributed by atoms with van der Waals surface area (Å²) in [4.78, 5) is 16.4. The number of rotatable bonds is 9. The van der Waals surface area contributed by atoms with Gasteiger partial charge in [0.1, 0.15) is 0 Å². The molecule has 0 radical (unpaired) electrons. The van der Waals surface area contributed by atoms with Gasteiger partial charge in [-0.05, 0) is 33.5 Å². The number of nitrogens with one attached hydrogen (secondary N) is 1. The van der Waals surface area contributed by atoms with Gasteiger partial charge in [0, 0.05) is 20.2 Å². The number of ether oxygens (including phenoxy) is 1. The second kappa shape index (κ2) is 8.63. The fraction of sp³-hybridized carbons (Fsp3) is 0.714. The van der Waals surface area contributed by atoms with E-state index in [4.69, 9.17) is 10.5 Å². The first kappa shape index (κ1) is 17.5. The average molecular weight is 297 g/mol. The van der Waals surface area contributed by atoms with Crippen LogP contribution in [0.1, 0.15) is 29.5 Å². The van der Waals surface area contributed by atoms with Crippen LogP contribution in [0.2, 0.25) is 0 Å². The molecule has 7 nitrogen and oxygen atoms in total. The van der Waals surface area contributed by atoms with Crippen LogP contribution in [-0.2, 0) is 11.2 Å². The van der Waals surface area contributed by atoms with E-state index in [0.717, 1.165) is 25.1 Å². The Hall–Kier alpha value is -1.60. The largest absolute Gasteiger partial charge is 0.395 e. The van der Waals surface area contributed by atoms with Crippen molar-refractivity contribution in [3.63, 3.8) is 0 Å². The first-order valence-corrected chi connectivity index (χ1v) is 7.26. The number of nitrogens with two attached hydrogens (primary N) is 1. The molecule has 1 amide bonds. The molecule has 1 rings (SSSR count). The van der Waals surface area contributed by atoms with Gasteiger partial charge < -0.3 is 20.3 Å². The lowest BCUT2D eigenvalue weighted by Gasteiger charge is -2.22. The topological polar surface area (TPSA) is 87.5 Å². The van der Waals surface area contributed by atoms with Gasteiger partial charge in [-0.25, -0.2) is 0 Å². The number of aromatic nitrogens is 2. The first-order chi connectivity index (χ1) is 10.0. The number of nitrogens with zero attached hydrogens (tertiary/aromatic N) is 3. The standard InChI is InChI=1S/C14H27N5O2/c1-5-11-12(15)13(17-16-11)14(20)19(9-10-21-4)8-6-7-18(2)3/h5-10,15H2,1-4H3,(H,16,17). The quantitative estimate of drug-likeness (QED) is 0.697. The highest BCUT2D eigenvalue weighted by molar-refractivity contribution is 5.97. The van der Waals surface area contributed by atoms with Crippen LogP contribution >= 0.6 is 0 Å². The van der Waals surface area contributed by atoms with E-state index in [1.54, 1.807) is 12.0 Å². The van der Waals surface area contributed by atoms with Crippen molar-refractivity contribution in [2.75, 3.05) is 53.2 Å². The van der Waals surface area contributed by atoms with Gasteiger partial charge in [0.05, 0.1) is 18.0 Å². The van der Waals surface area contributed by atoms with E-state index in [1.165, 1.54) is 0 Å². The van der Waals surface area contributed by atoms with Crippen LogP contribution in [0.3, 0.4) is 0 Å². The molecule has 7 heteroatoms. The summed E-state index contributed by atoms with van der Waals surface area (Å²) < 4.78 is 5.08. The minimum atomic E-state index is -0.140. The third-order valence-electron chi connectivity index (χ3n) is 3.32. The molecule has 1 heterocycles. The summed E-state index contributed by atoms with van der Waals surface area (Å²) in [7, 11) is 5.65. The minimum Gasteiger partial charge on any atom is -0.395 e. The third-order valence-corrected chi connectivity index (χ3v) is 3.32. The van der Waals surface area contributed by atoms with Crippen molar-refractivity contribution in [2.45, 2.75) is 19.8 Å². The molecule has 0 saturated heterocycles. The van der Waals surface area contributed by atoms with Crippen LogP contribution in [-0.4, -0.2) is 73.4 Å². The van der Waals surface area contributed by atoms with E-state index in [9.17, 15) is 4.79 Å². The molecule has 0 aromatic carbocycles. The maximum absolute atomic E-state index is 12.6. The molecule has 0 aliphatic carbocycles. The normalized spacial score (nSPS) is 11.1. The molecule has 0 spiro atoms. The smallest absolute Gasteiger partial charge is 0.276 e. The minimum absolute atomic E-state index is 0.140. The van der Waals surface area contributed by atoms with E-state index in [1.807, 2.05) is 21.0 Å². The van der Waals surface area contributed by atoms with Gasteiger partial charge in [-0.15, -0.1) is 0 Å². The second-order valence-corrected chi connectivity index (χ2v) is 5.26. The molecular formula is C14H27N5O2. The first-order valence-electron chi connectivity index (χ1n) is 7.26. The predicted octanol–water partition coefficient (Wildman–Crippen LogP) is 0.595. The zero-order valence-electron chi connectivity index (χ0n) is 13.5. The van der Waals surface area contributed by atoms with Gasteiger partial charge in [-0.3, -0.25) is 9.89 Å². The Bertz CT molecular complexity index is 445. The summed E-state index contributed by atoms with van der Waals surface area (Å²) in [5.74, 6) is -0.140. The fourth-order valence-electron chi connectivity index (χ4n) is 2.06. The zero-order valence-corrected chi connectivity index (χ0v) is 13.5. The number of carbonyl (C=O) groups excluding carboxylic acids is 1. The maximum atomic E-state index is 12.6. The van der Waals surface area contributed by atoms with E-state index >= 15 is 0 Å². The summed E-state index contributed by atoms with van der Waals surface area (Å²) in [5, 5.41) is 6.89. The molecule has 21 heavy (non-hydrogen) atoms. The summed E-state index contributed by atoms with van der Waals surface area (Å²) in [5.41, 5.74) is 7.55. The fourth-order valence-corrected chi connectivity index (χ4v) is 2.06. The maximum Gasteiger partial charge on any atom is 0.276 e. The van der Waals surface area contributed by atoms with E-state index in [0.29, 0.717) is 31.1 Å². The molecule has 3 N–H and O–H groups in total. The zero-order chi connectivity index (χ0) is 15.8. The van der Waals surface area contributed by atoms with E-state index in [-0.39, 0.29) is 5.91 Å². The lowest BCUT2D eigenvalue weighted by Crippen LogP contribution is -2.36. The Balaban J connectivity index is 2.75. The van der Waals surface area contributed by atoms with Gasteiger partial charge in [0.15, 0.2) is 5.69 Å². The number of carbonyl (C=O) groups is 1. The monoisotopic (exact) mass is 297 g/mol. The Morgan fingerprint density at radius 2 is 2.05 bits per heavy atom. The van der Waals surface area contributed by atoms with Gasteiger partial charge >= 0.3 is 0 Å². The SMILES string of the molecule is CCc1[nH]nc(C(=O)N(CCCN(C)C)CCOC)c1N. The van der Waals surface area contributed by atoms with Crippen molar-refractivity contribution in [3.8, 4) is 0 Å². The van der Waals surface area contributed by atoms with Crippen molar-refractivity contribution in [1.29, 1.82) is 0 Å². The summed E-state index contributed by atoms with van der Waals surface area (Å²) in [6.45, 7) is 4.59. The van der Waals surface area contributed by atoms with Crippen molar-refractivity contribution in [2.24, 2.45) is 0 Å². The van der Waals surface area contributed by atoms with Crippen molar-refractivity contribution < 1.29 is 9.53 Å². The van der Waals surface area contributed by atoms with Crippen LogP contribution in [0.15, 0.2) is 0 Å². The molecular weight excluding hydrogens is 270 g/mol. The lowest BCUT2D eigenvalue weighted by molar-refractivity contribution is 0.0684. The summed E-state index contributed by atoms with van der Waals surface area (Å²) in [6.07, 6.45) is 1.62. The number of nitrogen functional groups attached to an aromatic ring is 1. The van der Waals surface area contributed by atoms with Gasteiger partial charge in [0.2, 0.25) is 0 Å². The number of aromatic amines is 1. The van der Waals surface area contributed by atoms with Crippen molar-refractivity contribution in [3.05, 3.63) is 11.4 Å². The Morgan fingerprint density at radius 3 is 2.57 bits per heavy atom. The number of hydrogen-bond donors (Lipinski definition) is 2. The molecule has 0 atom stereocenters. The molecule has 0 bridgehead atoms. The third kappa shape index (κ3) is 5.02. The Morgan fingerprint density at radius 1 is 1.33 bits per heavy atom. The van der Waals surface area contributed by atoms with Crippen LogP contribution in [0.25, 0.3) is 0 Å². The van der Waals surface area contributed by atoms with Gasteiger partial charge in [0.25, 0.3) is 5.91 Å². The molecule has 0 aliphatic heterocycles. The van der Waals surface area contributed by atoms with Crippen molar-refractivity contribution in [1.82, 2.24) is 20.0 Å². The molecule has 0 fully saturated rings. The van der Waals surface area contributed by atoms with Crippen LogP contribution in [0.4, 0.5) is 5.69 Å². The number of aryl methyl sites for hydroxylation is 1. The average Bonchev–Trinajstić information content (AvgIpc) is 2.82. The Kier molecular flexibility index (Phi) is 7.18. The van der Waals surface area contributed by atoms with Gasteiger partial charge in [-0.1, -0.05) is 6.92 Å². The molecule has 0 aliphatic rings. The Labute approximate surface area is 126 Å². The highest BCUT2D eigenvalue weighted by Crippen LogP contribution is 2.16. The lowest BCUT2D eigenvalue weighted by atomic mass is 10.2. The van der Waals surface area contributed by atoms with Crippen LogP contribution in [0, 0.1) is 0 Å². The summed E-state index contributed by atoms with van der Waals surface area (Å²) in [6, 6.07) is 0. The highest BCUT2D eigenvalue weighted by Gasteiger charge is 2.22. The molecule has 1 aromatic heterocycles. The summed E-state index contributed by atoms with van der Waals surface area (Å²) >= 11 is 0. The van der Waals surface area contributed by atoms with E-state index in [2.05, 4.69) is 15.1 Å². The molecule has 0 saturated carbocycles. The number of H-pyrrole nitrogens is 1.